The third kappa shape index (κ3) is 4.08. The van der Waals surface area contributed by atoms with Gasteiger partial charge in [-0.3, -0.25) is 4.79 Å². The first kappa shape index (κ1) is 15.7. The number of halogens is 1. The highest BCUT2D eigenvalue weighted by Crippen LogP contribution is 2.34. The molecule has 0 radical (unpaired) electrons. The van der Waals surface area contributed by atoms with Crippen LogP contribution in [0.25, 0.3) is 0 Å². The minimum atomic E-state index is -0.728. The summed E-state index contributed by atoms with van der Waals surface area (Å²) < 4.78 is 0. The van der Waals surface area contributed by atoms with E-state index in [1.54, 1.807) is 0 Å². The van der Waals surface area contributed by atoms with Gasteiger partial charge in [-0.15, -0.1) is 11.6 Å². The number of alkyl halides is 1. The van der Waals surface area contributed by atoms with E-state index < -0.39 is 5.41 Å². The van der Waals surface area contributed by atoms with E-state index in [4.69, 9.17) is 11.6 Å². The normalized spacial score (nSPS) is 13.6. The molecule has 0 aromatic heterocycles. The van der Waals surface area contributed by atoms with E-state index in [2.05, 4.69) is 13.0 Å². The highest BCUT2D eigenvalue weighted by molar-refractivity contribution is 6.27. The van der Waals surface area contributed by atoms with Crippen LogP contribution in [-0.2, 0) is 10.2 Å². The maximum absolute atomic E-state index is 11.7. The molecule has 1 rings (SSSR count). The van der Waals surface area contributed by atoms with Crippen molar-refractivity contribution in [2.45, 2.75) is 44.9 Å². The molecule has 3 heteroatoms. The second-order valence-corrected chi connectivity index (χ2v) is 5.28. The molecule has 19 heavy (non-hydrogen) atoms. The first-order valence-corrected chi connectivity index (χ1v) is 7.17. The van der Waals surface area contributed by atoms with Crippen molar-refractivity contribution in [1.29, 1.82) is 5.26 Å². The lowest BCUT2D eigenvalue weighted by Crippen LogP contribution is -2.28. The van der Waals surface area contributed by atoms with Crippen LogP contribution in [0.5, 0.6) is 0 Å². The summed E-state index contributed by atoms with van der Waals surface area (Å²) in [6.45, 7) is 4.08. The number of nitriles is 1. The molecule has 0 N–H and O–H groups in total. The van der Waals surface area contributed by atoms with Crippen LogP contribution in [0.3, 0.4) is 0 Å². The summed E-state index contributed by atoms with van der Waals surface area (Å²) in [6, 6.07) is 10.3. The van der Waals surface area contributed by atoms with Crippen molar-refractivity contribution in [3.63, 3.8) is 0 Å². The molecule has 1 aromatic carbocycles. The predicted molar refractivity (Wildman–Crippen MR) is 78.3 cm³/mol. The molecule has 0 amide bonds. The van der Waals surface area contributed by atoms with E-state index in [1.807, 2.05) is 31.2 Å². The summed E-state index contributed by atoms with van der Waals surface area (Å²) in [5, 5.41) is 9.65. The molecule has 0 saturated carbocycles. The molecular formula is C16H20ClNO. The van der Waals surface area contributed by atoms with Crippen LogP contribution >= 0.6 is 11.6 Å². The number of carbonyl (C=O) groups is 1. The molecule has 0 bridgehead atoms. The smallest absolute Gasteiger partial charge is 0.149 e. The van der Waals surface area contributed by atoms with Gasteiger partial charge in [-0.25, -0.2) is 0 Å². The van der Waals surface area contributed by atoms with Crippen LogP contribution < -0.4 is 0 Å². The second-order valence-electron chi connectivity index (χ2n) is 5.02. The van der Waals surface area contributed by atoms with E-state index in [9.17, 15) is 10.1 Å². The average molecular weight is 278 g/mol. The van der Waals surface area contributed by atoms with Crippen molar-refractivity contribution in [3.8, 4) is 6.07 Å². The van der Waals surface area contributed by atoms with Gasteiger partial charge >= 0.3 is 0 Å². The van der Waals surface area contributed by atoms with Gasteiger partial charge in [0.25, 0.3) is 0 Å². The molecule has 1 atom stereocenters. The van der Waals surface area contributed by atoms with E-state index in [-0.39, 0.29) is 18.1 Å². The summed E-state index contributed by atoms with van der Waals surface area (Å²) >= 11 is 5.61. The number of ketones is 1. The Morgan fingerprint density at radius 1 is 1.47 bits per heavy atom. The van der Waals surface area contributed by atoms with Gasteiger partial charge in [-0.05, 0) is 18.9 Å². The Morgan fingerprint density at radius 3 is 2.74 bits per heavy atom. The number of benzene rings is 1. The first-order valence-electron chi connectivity index (χ1n) is 6.64. The molecule has 1 unspecified atom stereocenters. The van der Waals surface area contributed by atoms with Crippen LogP contribution in [-0.4, -0.2) is 11.7 Å². The number of Topliss-reactive ketones (excluding diaryl/α,β-unsaturated/α-hetero) is 1. The predicted octanol–water partition coefficient (Wildman–Crippen LogP) is 4.14. The maximum atomic E-state index is 11.7. The van der Waals surface area contributed by atoms with Crippen LogP contribution in [0.4, 0.5) is 0 Å². The van der Waals surface area contributed by atoms with Crippen molar-refractivity contribution in [2.75, 3.05) is 5.88 Å². The number of unbranched alkanes of at least 4 members (excludes halogenated alkanes) is 1. The molecule has 0 aliphatic carbocycles. The zero-order valence-corrected chi connectivity index (χ0v) is 12.3. The number of carbonyl (C=O) groups excluding carboxylic acids is 1. The zero-order chi connectivity index (χ0) is 14.3. The van der Waals surface area contributed by atoms with E-state index in [1.165, 1.54) is 0 Å². The van der Waals surface area contributed by atoms with Gasteiger partial charge in [-0.1, -0.05) is 49.6 Å². The van der Waals surface area contributed by atoms with Crippen molar-refractivity contribution in [2.24, 2.45) is 0 Å². The lowest BCUT2D eigenvalue weighted by atomic mass is 9.74. The van der Waals surface area contributed by atoms with Gasteiger partial charge in [-0.2, -0.15) is 5.26 Å². The van der Waals surface area contributed by atoms with Gasteiger partial charge in [0.1, 0.15) is 5.78 Å². The molecule has 0 fully saturated rings. The van der Waals surface area contributed by atoms with E-state index in [0.717, 1.165) is 24.0 Å². The summed E-state index contributed by atoms with van der Waals surface area (Å²) in [5.41, 5.74) is 1.31. The maximum Gasteiger partial charge on any atom is 0.149 e. The zero-order valence-electron chi connectivity index (χ0n) is 11.6. The van der Waals surface area contributed by atoms with Crippen LogP contribution in [0.2, 0.25) is 0 Å². The minimum Gasteiger partial charge on any atom is -0.298 e. The molecule has 1 aromatic rings. The Morgan fingerprint density at radius 2 is 2.21 bits per heavy atom. The van der Waals surface area contributed by atoms with Gasteiger partial charge < -0.3 is 0 Å². The molecule has 0 spiro atoms. The second kappa shape index (κ2) is 7.31. The standard InChI is InChI=1S/C16H20ClNO/c1-3-4-8-16(12-18,10-15(19)11-17)14-7-5-6-13(2)9-14/h5-7,9H,3-4,8,10-11H2,1-2H3. The summed E-state index contributed by atoms with van der Waals surface area (Å²) in [6.07, 6.45) is 2.84. The lowest BCUT2D eigenvalue weighted by molar-refractivity contribution is -0.117. The van der Waals surface area contributed by atoms with Crippen molar-refractivity contribution in [1.82, 2.24) is 0 Å². The number of hydrogen-bond donors (Lipinski definition) is 0. The molecule has 0 aliphatic heterocycles. The highest BCUT2D eigenvalue weighted by atomic mass is 35.5. The molecule has 2 nitrogen and oxygen atoms in total. The fourth-order valence-electron chi connectivity index (χ4n) is 2.30. The SMILES string of the molecule is CCCCC(C#N)(CC(=O)CCl)c1cccc(C)c1. The quantitative estimate of drug-likeness (QED) is 0.703. The molecule has 102 valence electrons. The Labute approximate surface area is 120 Å². The largest absolute Gasteiger partial charge is 0.298 e. The molecule has 0 saturated heterocycles. The Bertz CT molecular complexity index is 478. The third-order valence-electron chi connectivity index (χ3n) is 3.39. The van der Waals surface area contributed by atoms with Crippen LogP contribution in [0.15, 0.2) is 24.3 Å². The van der Waals surface area contributed by atoms with Crippen LogP contribution in [0, 0.1) is 18.3 Å². The topological polar surface area (TPSA) is 40.9 Å². The first-order chi connectivity index (χ1) is 9.07. The highest BCUT2D eigenvalue weighted by Gasteiger charge is 2.34. The summed E-state index contributed by atoms with van der Waals surface area (Å²) in [7, 11) is 0. The van der Waals surface area contributed by atoms with Gasteiger partial charge in [0, 0.05) is 6.42 Å². The van der Waals surface area contributed by atoms with Gasteiger partial charge in [0.15, 0.2) is 0 Å². The molecule has 0 heterocycles. The number of rotatable bonds is 7. The fourth-order valence-corrected chi connectivity index (χ4v) is 2.39. The summed E-state index contributed by atoms with van der Waals surface area (Å²) in [4.78, 5) is 11.7. The van der Waals surface area contributed by atoms with Gasteiger partial charge in [0.05, 0.1) is 17.4 Å². The molecule has 0 aliphatic rings. The number of hydrogen-bond acceptors (Lipinski definition) is 2. The Hall–Kier alpha value is -1.33. The Kier molecular flexibility index (Phi) is 6.05. The summed E-state index contributed by atoms with van der Waals surface area (Å²) in [5.74, 6) is -0.0951. The average Bonchev–Trinajstić information content (AvgIpc) is 2.43. The minimum absolute atomic E-state index is 0.0264. The van der Waals surface area contributed by atoms with Crippen molar-refractivity contribution >= 4 is 17.4 Å². The van der Waals surface area contributed by atoms with Crippen molar-refractivity contribution < 1.29 is 4.79 Å². The lowest BCUT2D eigenvalue weighted by Gasteiger charge is -2.26. The van der Waals surface area contributed by atoms with E-state index >= 15 is 0 Å². The monoisotopic (exact) mass is 277 g/mol. The van der Waals surface area contributed by atoms with Crippen molar-refractivity contribution in [3.05, 3.63) is 35.4 Å². The Balaban J connectivity index is 3.16. The molecular weight excluding hydrogens is 258 g/mol. The van der Waals surface area contributed by atoms with E-state index in [0.29, 0.717) is 6.42 Å². The van der Waals surface area contributed by atoms with Crippen LogP contribution in [0.1, 0.15) is 43.7 Å². The fraction of sp³-hybridized carbons (Fsp3) is 0.500. The third-order valence-corrected chi connectivity index (χ3v) is 3.69. The van der Waals surface area contributed by atoms with Gasteiger partial charge in [0.2, 0.25) is 0 Å². The number of aryl methyl sites for hydroxylation is 1. The number of nitrogens with zero attached hydrogens (tertiary/aromatic N) is 1.